The standard InChI is InChI=1S/C11H15N2O2/c1-3-8-13(11(12)14)9-4-6-10(15-2)7-5-9/h4-7H,1,3,8H2,2H3,(H2,12,14). The Morgan fingerprint density at radius 2 is 2.07 bits per heavy atom. The maximum Gasteiger partial charge on any atom is 0.319 e. The summed E-state index contributed by atoms with van der Waals surface area (Å²) in [6.45, 7) is 4.21. The summed E-state index contributed by atoms with van der Waals surface area (Å²) in [6, 6.07) is 6.69. The molecule has 1 aromatic carbocycles. The molecule has 81 valence electrons. The second-order valence-electron chi connectivity index (χ2n) is 3.04. The number of nitrogens with zero attached hydrogens (tertiary/aromatic N) is 1. The highest BCUT2D eigenvalue weighted by Gasteiger charge is 2.10. The summed E-state index contributed by atoms with van der Waals surface area (Å²) >= 11 is 0. The van der Waals surface area contributed by atoms with Gasteiger partial charge in [-0.3, -0.25) is 4.90 Å². The third-order valence-electron chi connectivity index (χ3n) is 2.03. The Labute approximate surface area is 89.6 Å². The number of primary amides is 1. The van der Waals surface area contributed by atoms with Crippen molar-refractivity contribution in [2.45, 2.75) is 6.42 Å². The first kappa shape index (κ1) is 11.4. The van der Waals surface area contributed by atoms with Crippen molar-refractivity contribution in [1.29, 1.82) is 0 Å². The topological polar surface area (TPSA) is 55.6 Å². The molecule has 2 N–H and O–H groups in total. The fourth-order valence-electron chi connectivity index (χ4n) is 1.29. The SMILES string of the molecule is [CH2]CCN(C(N)=O)c1ccc(OC)cc1. The molecular weight excluding hydrogens is 192 g/mol. The zero-order valence-electron chi connectivity index (χ0n) is 8.77. The number of urea groups is 1. The number of ether oxygens (including phenoxy) is 1. The predicted molar refractivity (Wildman–Crippen MR) is 59.9 cm³/mol. The second kappa shape index (κ2) is 5.24. The molecule has 0 atom stereocenters. The largest absolute Gasteiger partial charge is 0.497 e. The maximum atomic E-state index is 11.1. The van der Waals surface area contributed by atoms with Gasteiger partial charge in [-0.2, -0.15) is 0 Å². The van der Waals surface area contributed by atoms with Crippen molar-refractivity contribution < 1.29 is 9.53 Å². The van der Waals surface area contributed by atoms with Gasteiger partial charge in [-0.15, -0.1) is 0 Å². The third kappa shape index (κ3) is 2.87. The monoisotopic (exact) mass is 207 g/mol. The van der Waals surface area contributed by atoms with Crippen LogP contribution in [0.2, 0.25) is 0 Å². The summed E-state index contributed by atoms with van der Waals surface area (Å²) in [5.41, 5.74) is 6.01. The van der Waals surface area contributed by atoms with Gasteiger partial charge in [0.15, 0.2) is 0 Å². The number of anilines is 1. The highest BCUT2D eigenvalue weighted by Crippen LogP contribution is 2.19. The molecule has 0 aliphatic carbocycles. The molecule has 1 aromatic rings. The zero-order valence-corrected chi connectivity index (χ0v) is 8.77. The van der Waals surface area contributed by atoms with E-state index >= 15 is 0 Å². The van der Waals surface area contributed by atoms with E-state index in [1.807, 2.05) is 0 Å². The van der Waals surface area contributed by atoms with E-state index in [4.69, 9.17) is 10.5 Å². The van der Waals surface area contributed by atoms with E-state index in [1.165, 1.54) is 4.90 Å². The van der Waals surface area contributed by atoms with Crippen LogP contribution in [0, 0.1) is 6.92 Å². The van der Waals surface area contributed by atoms with Crippen molar-refractivity contribution in [3.63, 3.8) is 0 Å². The van der Waals surface area contributed by atoms with Crippen LogP contribution < -0.4 is 15.4 Å². The molecule has 0 aliphatic heterocycles. The number of hydrogen-bond acceptors (Lipinski definition) is 2. The number of benzene rings is 1. The lowest BCUT2D eigenvalue weighted by molar-refractivity contribution is 0.254. The minimum Gasteiger partial charge on any atom is -0.497 e. The molecular formula is C11H15N2O2. The van der Waals surface area contributed by atoms with Crippen molar-refractivity contribution in [2.24, 2.45) is 5.73 Å². The summed E-state index contributed by atoms with van der Waals surface area (Å²) < 4.78 is 5.02. The Morgan fingerprint density at radius 1 is 1.47 bits per heavy atom. The molecule has 1 radical (unpaired) electrons. The molecule has 0 fully saturated rings. The number of nitrogens with two attached hydrogens (primary N) is 1. The maximum absolute atomic E-state index is 11.1. The van der Waals surface area contributed by atoms with E-state index in [0.29, 0.717) is 13.0 Å². The van der Waals surface area contributed by atoms with Crippen LogP contribution >= 0.6 is 0 Å². The molecule has 0 unspecified atom stereocenters. The predicted octanol–water partition coefficient (Wildman–Crippen LogP) is 1.80. The van der Waals surface area contributed by atoms with Crippen LogP contribution in [-0.4, -0.2) is 19.7 Å². The van der Waals surface area contributed by atoms with Crippen LogP contribution in [0.4, 0.5) is 10.5 Å². The average Bonchev–Trinajstić information content (AvgIpc) is 2.26. The molecule has 4 heteroatoms. The second-order valence-corrected chi connectivity index (χ2v) is 3.04. The molecule has 2 amide bonds. The van der Waals surface area contributed by atoms with Gasteiger partial charge < -0.3 is 10.5 Å². The number of carbonyl (C=O) groups is 1. The fraction of sp³-hybridized carbons (Fsp3) is 0.273. The smallest absolute Gasteiger partial charge is 0.319 e. The van der Waals surface area contributed by atoms with Crippen molar-refractivity contribution in [3.05, 3.63) is 31.2 Å². The Kier molecular flexibility index (Phi) is 3.97. The van der Waals surface area contributed by atoms with Crippen LogP contribution in [0.5, 0.6) is 5.75 Å². The molecule has 0 spiro atoms. The van der Waals surface area contributed by atoms with Crippen LogP contribution in [-0.2, 0) is 0 Å². The number of rotatable bonds is 4. The quantitative estimate of drug-likeness (QED) is 0.818. The van der Waals surface area contributed by atoms with Crippen molar-refractivity contribution in [2.75, 3.05) is 18.6 Å². The first-order valence-corrected chi connectivity index (χ1v) is 4.69. The van der Waals surface area contributed by atoms with E-state index < -0.39 is 6.03 Å². The molecule has 0 aromatic heterocycles. The van der Waals surface area contributed by atoms with Gasteiger partial charge in [0.2, 0.25) is 0 Å². The van der Waals surface area contributed by atoms with Gasteiger partial charge in [0.25, 0.3) is 0 Å². The van der Waals surface area contributed by atoms with Crippen LogP contribution in [0.3, 0.4) is 0 Å². The number of amides is 2. The molecule has 15 heavy (non-hydrogen) atoms. The van der Waals surface area contributed by atoms with E-state index in [2.05, 4.69) is 6.92 Å². The Morgan fingerprint density at radius 3 is 2.47 bits per heavy atom. The average molecular weight is 207 g/mol. The molecule has 0 saturated carbocycles. The van der Waals surface area contributed by atoms with Crippen molar-refractivity contribution >= 4 is 11.7 Å². The van der Waals surface area contributed by atoms with Crippen LogP contribution in [0.25, 0.3) is 0 Å². The third-order valence-corrected chi connectivity index (χ3v) is 2.03. The lowest BCUT2D eigenvalue weighted by atomic mass is 10.2. The molecule has 1 rings (SSSR count). The highest BCUT2D eigenvalue weighted by molar-refractivity contribution is 5.90. The normalized spacial score (nSPS) is 9.73. The zero-order chi connectivity index (χ0) is 11.3. The molecule has 4 nitrogen and oxygen atoms in total. The summed E-state index contributed by atoms with van der Waals surface area (Å²) in [5, 5.41) is 0. The van der Waals surface area contributed by atoms with Crippen molar-refractivity contribution in [1.82, 2.24) is 0 Å². The Hall–Kier alpha value is -1.71. The fourth-order valence-corrected chi connectivity index (χ4v) is 1.29. The Balaban J connectivity index is 2.86. The first-order chi connectivity index (χ1) is 7.19. The van der Waals surface area contributed by atoms with Crippen molar-refractivity contribution in [3.8, 4) is 5.75 Å². The van der Waals surface area contributed by atoms with E-state index in [9.17, 15) is 4.79 Å². The molecule has 0 heterocycles. The van der Waals surface area contributed by atoms with Gasteiger partial charge in [0.05, 0.1) is 7.11 Å². The highest BCUT2D eigenvalue weighted by atomic mass is 16.5. The summed E-state index contributed by atoms with van der Waals surface area (Å²) in [4.78, 5) is 12.6. The molecule has 0 bridgehead atoms. The Bertz CT molecular complexity index is 322. The van der Waals surface area contributed by atoms with E-state index in [-0.39, 0.29) is 0 Å². The number of methoxy groups -OCH3 is 1. The van der Waals surface area contributed by atoms with Crippen LogP contribution in [0.15, 0.2) is 24.3 Å². The van der Waals surface area contributed by atoms with Gasteiger partial charge in [0, 0.05) is 12.2 Å². The van der Waals surface area contributed by atoms with Gasteiger partial charge in [-0.25, -0.2) is 4.79 Å². The van der Waals surface area contributed by atoms with E-state index in [0.717, 1.165) is 11.4 Å². The summed E-state index contributed by atoms with van der Waals surface area (Å²) in [7, 11) is 1.59. The first-order valence-electron chi connectivity index (χ1n) is 4.69. The van der Waals surface area contributed by atoms with Gasteiger partial charge in [-0.05, 0) is 30.7 Å². The summed E-state index contributed by atoms with van der Waals surface area (Å²) in [6.07, 6.45) is 0.620. The van der Waals surface area contributed by atoms with Gasteiger partial charge in [-0.1, -0.05) is 6.92 Å². The van der Waals surface area contributed by atoms with Gasteiger partial charge in [0.1, 0.15) is 5.75 Å². The summed E-state index contributed by atoms with van der Waals surface area (Å²) in [5.74, 6) is 0.748. The minimum absolute atomic E-state index is 0.469. The van der Waals surface area contributed by atoms with E-state index in [1.54, 1.807) is 31.4 Å². The lowest BCUT2D eigenvalue weighted by Gasteiger charge is -2.19. The van der Waals surface area contributed by atoms with Crippen LogP contribution in [0.1, 0.15) is 6.42 Å². The number of carbonyl (C=O) groups excluding carboxylic acids is 1. The lowest BCUT2D eigenvalue weighted by Crippen LogP contribution is -2.36. The van der Waals surface area contributed by atoms with Gasteiger partial charge >= 0.3 is 6.03 Å². The number of hydrogen-bond donors (Lipinski definition) is 1. The molecule has 0 saturated heterocycles. The minimum atomic E-state index is -0.469. The molecule has 0 aliphatic rings.